The summed E-state index contributed by atoms with van der Waals surface area (Å²) in [4.78, 5) is 23.2. The van der Waals surface area contributed by atoms with Crippen LogP contribution in [-0.2, 0) is 28.5 Å². The maximum absolute atomic E-state index is 11.9. The van der Waals surface area contributed by atoms with Crippen LogP contribution in [0.5, 0.6) is 0 Å². The van der Waals surface area contributed by atoms with Gasteiger partial charge in [-0.25, -0.2) is 4.79 Å². The predicted octanol–water partition coefficient (Wildman–Crippen LogP) is -1.89. The molecule has 0 aromatic heterocycles. The van der Waals surface area contributed by atoms with Crippen molar-refractivity contribution in [1.82, 2.24) is 0 Å². The number of carboxylic acids is 1. The van der Waals surface area contributed by atoms with Crippen LogP contribution in [0.1, 0.15) is 6.42 Å². The highest BCUT2D eigenvalue weighted by Crippen LogP contribution is 2.36. The van der Waals surface area contributed by atoms with Crippen LogP contribution in [0.3, 0.4) is 0 Å². The quantitative estimate of drug-likeness (QED) is 0.237. The monoisotopic (exact) mass is 404 g/mol. The normalized spacial score (nSPS) is 38.1. The van der Waals surface area contributed by atoms with E-state index in [1.807, 2.05) is 0 Å². The molecule has 0 aliphatic carbocycles. The van der Waals surface area contributed by atoms with Crippen LogP contribution >= 0.6 is 0 Å². The Morgan fingerprint density at radius 1 is 1.21 bits per heavy atom. The van der Waals surface area contributed by atoms with Gasteiger partial charge >= 0.3 is 11.9 Å². The zero-order chi connectivity index (χ0) is 21.0. The van der Waals surface area contributed by atoms with Gasteiger partial charge in [0.2, 0.25) is 6.29 Å². The summed E-state index contributed by atoms with van der Waals surface area (Å²) in [7, 11) is 1.14. The summed E-state index contributed by atoms with van der Waals surface area (Å²) in [6.07, 6.45) is -6.91. The number of aliphatic hydroxyl groups excluding tert-OH is 4. The van der Waals surface area contributed by atoms with E-state index in [1.54, 1.807) is 0 Å². The first-order valence-electron chi connectivity index (χ1n) is 8.49. The van der Waals surface area contributed by atoms with Crippen LogP contribution in [0.15, 0.2) is 24.5 Å². The molecule has 158 valence electrons. The number of aliphatic carboxylic acids is 1. The summed E-state index contributed by atoms with van der Waals surface area (Å²) in [6, 6.07) is 0. The van der Waals surface area contributed by atoms with Gasteiger partial charge in [0.15, 0.2) is 6.29 Å². The fraction of sp³-hybridized carbons (Fsp3) is 0.647. The highest BCUT2D eigenvalue weighted by molar-refractivity contribution is 5.89. The van der Waals surface area contributed by atoms with Gasteiger partial charge in [0, 0.05) is 11.8 Å². The summed E-state index contributed by atoms with van der Waals surface area (Å²) < 4.78 is 20.8. The minimum atomic E-state index is -1.67. The Hall–Kier alpha value is -2.02. The van der Waals surface area contributed by atoms with Crippen molar-refractivity contribution in [1.29, 1.82) is 0 Å². The highest BCUT2D eigenvalue weighted by Gasteiger charge is 2.47. The third-order valence-electron chi connectivity index (χ3n) is 4.71. The SMILES string of the molecule is C=C[C@@H]1[C@@H](O[C@@H]2O[C@H](CO)[C@@H](O)[C@H](O)[C@H]2O)OC=C(C(=O)OC)[C@@H]1CC(=O)O. The minimum Gasteiger partial charge on any atom is -0.481 e. The van der Waals surface area contributed by atoms with E-state index in [-0.39, 0.29) is 5.57 Å². The number of rotatable bonds is 7. The van der Waals surface area contributed by atoms with E-state index in [4.69, 9.17) is 14.2 Å². The molecule has 2 aliphatic rings. The smallest absolute Gasteiger partial charge is 0.337 e. The zero-order valence-corrected chi connectivity index (χ0v) is 15.1. The topological polar surface area (TPSA) is 172 Å². The zero-order valence-electron chi connectivity index (χ0n) is 15.1. The van der Waals surface area contributed by atoms with E-state index in [1.165, 1.54) is 6.08 Å². The highest BCUT2D eigenvalue weighted by atomic mass is 16.8. The van der Waals surface area contributed by atoms with Crippen molar-refractivity contribution < 1.29 is 54.1 Å². The van der Waals surface area contributed by atoms with Crippen LogP contribution in [-0.4, -0.2) is 88.2 Å². The van der Waals surface area contributed by atoms with Gasteiger partial charge in [-0.3, -0.25) is 4.79 Å². The standard InChI is InChI=1S/C17H24O11/c1-3-7-8(4-11(19)20)9(15(24)25-2)6-26-16(7)28-17-14(23)13(22)12(21)10(5-18)27-17/h3,6-8,10,12-14,16-18,21-23H,1,4-5H2,2H3,(H,19,20)/t7-,8+,10+,12+,13-,14+,16+,17-/m0/s1. The van der Waals surface area contributed by atoms with Crippen LogP contribution in [0.25, 0.3) is 0 Å². The van der Waals surface area contributed by atoms with Gasteiger partial charge in [0.1, 0.15) is 24.4 Å². The molecule has 0 aromatic carbocycles. The van der Waals surface area contributed by atoms with Gasteiger partial charge in [0.05, 0.1) is 32.0 Å². The van der Waals surface area contributed by atoms with Crippen molar-refractivity contribution in [2.45, 2.75) is 43.4 Å². The predicted molar refractivity (Wildman–Crippen MR) is 89.3 cm³/mol. The second kappa shape index (κ2) is 9.45. The van der Waals surface area contributed by atoms with Crippen molar-refractivity contribution in [2.75, 3.05) is 13.7 Å². The summed E-state index contributed by atoms with van der Waals surface area (Å²) in [5, 5.41) is 48.2. The van der Waals surface area contributed by atoms with Gasteiger partial charge in [-0.2, -0.15) is 0 Å². The number of hydrogen-bond donors (Lipinski definition) is 5. The van der Waals surface area contributed by atoms with Gasteiger partial charge in [0.25, 0.3) is 0 Å². The lowest BCUT2D eigenvalue weighted by Gasteiger charge is -2.42. The van der Waals surface area contributed by atoms with Gasteiger partial charge in [-0.1, -0.05) is 6.08 Å². The van der Waals surface area contributed by atoms with E-state index in [0.717, 1.165) is 13.4 Å². The molecule has 0 aromatic rings. The van der Waals surface area contributed by atoms with Crippen molar-refractivity contribution in [3.63, 3.8) is 0 Å². The van der Waals surface area contributed by atoms with E-state index in [2.05, 4.69) is 11.3 Å². The lowest BCUT2D eigenvalue weighted by atomic mass is 9.81. The first-order valence-corrected chi connectivity index (χ1v) is 8.49. The lowest BCUT2D eigenvalue weighted by molar-refractivity contribution is -0.339. The lowest BCUT2D eigenvalue weighted by Crippen LogP contribution is -2.60. The Balaban J connectivity index is 2.24. The Bertz CT molecular complexity index is 616. The van der Waals surface area contributed by atoms with Crippen molar-refractivity contribution in [3.05, 3.63) is 24.5 Å². The number of aliphatic hydroxyl groups is 4. The molecule has 0 unspecified atom stereocenters. The third kappa shape index (κ3) is 4.51. The molecule has 2 heterocycles. The molecule has 2 rings (SSSR count). The molecule has 8 atom stereocenters. The second-order valence-electron chi connectivity index (χ2n) is 6.42. The minimum absolute atomic E-state index is 0.0246. The summed E-state index contributed by atoms with van der Waals surface area (Å²) >= 11 is 0. The maximum Gasteiger partial charge on any atom is 0.337 e. The van der Waals surface area contributed by atoms with E-state index >= 15 is 0 Å². The van der Waals surface area contributed by atoms with E-state index < -0.39 is 73.8 Å². The van der Waals surface area contributed by atoms with Crippen molar-refractivity contribution in [2.24, 2.45) is 11.8 Å². The molecule has 2 aliphatic heterocycles. The summed E-state index contributed by atoms with van der Waals surface area (Å²) in [5.41, 5.74) is -0.0246. The number of esters is 1. The molecule has 1 saturated heterocycles. The molecule has 0 saturated carbocycles. The maximum atomic E-state index is 11.9. The van der Waals surface area contributed by atoms with Crippen molar-refractivity contribution in [3.8, 4) is 0 Å². The average Bonchev–Trinajstić information content (AvgIpc) is 2.67. The Morgan fingerprint density at radius 2 is 1.89 bits per heavy atom. The number of carbonyl (C=O) groups excluding carboxylic acids is 1. The molecular formula is C17H24O11. The first kappa shape index (κ1) is 22.3. The molecule has 0 spiro atoms. The number of methoxy groups -OCH3 is 1. The Labute approximate surface area is 160 Å². The third-order valence-corrected chi connectivity index (χ3v) is 4.71. The van der Waals surface area contributed by atoms with Crippen LogP contribution in [0, 0.1) is 11.8 Å². The number of carboxylic acid groups (broad SMARTS) is 1. The number of hydrogen-bond acceptors (Lipinski definition) is 10. The molecule has 28 heavy (non-hydrogen) atoms. The van der Waals surface area contributed by atoms with Crippen LogP contribution < -0.4 is 0 Å². The first-order chi connectivity index (χ1) is 13.2. The van der Waals surface area contributed by atoms with E-state index in [0.29, 0.717) is 0 Å². The molecule has 0 amide bonds. The Kier molecular flexibility index (Phi) is 7.52. The second-order valence-corrected chi connectivity index (χ2v) is 6.42. The van der Waals surface area contributed by atoms with Crippen molar-refractivity contribution >= 4 is 11.9 Å². The molecule has 0 radical (unpaired) electrons. The molecule has 0 bridgehead atoms. The Morgan fingerprint density at radius 3 is 2.43 bits per heavy atom. The van der Waals surface area contributed by atoms with Crippen LogP contribution in [0.4, 0.5) is 0 Å². The summed E-state index contributed by atoms with van der Waals surface area (Å²) in [5.74, 6) is -3.70. The average molecular weight is 404 g/mol. The molecule has 11 nitrogen and oxygen atoms in total. The van der Waals surface area contributed by atoms with E-state index in [9.17, 15) is 35.1 Å². The number of carbonyl (C=O) groups is 2. The number of ether oxygens (including phenoxy) is 4. The van der Waals surface area contributed by atoms with Gasteiger partial charge in [-0.05, 0) is 0 Å². The largest absolute Gasteiger partial charge is 0.481 e. The van der Waals surface area contributed by atoms with Gasteiger partial charge in [-0.15, -0.1) is 6.58 Å². The fourth-order valence-electron chi connectivity index (χ4n) is 3.18. The van der Waals surface area contributed by atoms with Gasteiger partial charge < -0.3 is 44.5 Å². The molecule has 5 N–H and O–H groups in total. The molecule has 1 fully saturated rings. The fourth-order valence-corrected chi connectivity index (χ4v) is 3.18. The molecule has 11 heteroatoms. The molecular weight excluding hydrogens is 380 g/mol. The van der Waals surface area contributed by atoms with Crippen LogP contribution in [0.2, 0.25) is 0 Å². The summed E-state index contributed by atoms with van der Waals surface area (Å²) in [6.45, 7) is 2.97.